The van der Waals surface area contributed by atoms with E-state index in [1.54, 1.807) is 26.0 Å². The van der Waals surface area contributed by atoms with E-state index in [2.05, 4.69) is 10.3 Å². The summed E-state index contributed by atoms with van der Waals surface area (Å²) in [6.07, 6.45) is 0. The summed E-state index contributed by atoms with van der Waals surface area (Å²) in [5, 5.41) is 11.9. The first-order valence-electron chi connectivity index (χ1n) is 7.16. The molecule has 24 heavy (non-hydrogen) atoms. The monoisotopic (exact) mass is 340 g/mol. The van der Waals surface area contributed by atoms with Gasteiger partial charge in [-0.2, -0.15) is 5.26 Å². The van der Waals surface area contributed by atoms with Crippen molar-refractivity contribution in [3.63, 3.8) is 0 Å². The van der Waals surface area contributed by atoms with Gasteiger partial charge < -0.3 is 11.1 Å². The number of anilines is 1. The molecule has 1 unspecified atom stereocenters. The highest BCUT2D eigenvalue weighted by atomic mass is 32.2. The lowest BCUT2D eigenvalue weighted by Crippen LogP contribution is -2.23. The molecule has 0 aliphatic rings. The Morgan fingerprint density at radius 2 is 2.00 bits per heavy atom. The van der Waals surface area contributed by atoms with E-state index in [-0.39, 0.29) is 11.5 Å². The zero-order chi connectivity index (χ0) is 17.7. The number of carbonyl (C=O) groups excluding carboxylic acids is 2. The normalized spacial score (nSPS) is 11.4. The number of primary amides is 1. The Bertz CT molecular complexity index is 815. The molecule has 0 aliphatic carbocycles. The molecule has 6 nitrogen and oxygen atoms in total. The molecule has 0 fully saturated rings. The molecule has 1 aromatic heterocycles. The molecule has 122 valence electrons. The Morgan fingerprint density at radius 1 is 1.33 bits per heavy atom. The van der Waals surface area contributed by atoms with Crippen molar-refractivity contribution in [3.8, 4) is 6.07 Å². The number of nitriles is 1. The summed E-state index contributed by atoms with van der Waals surface area (Å²) in [6, 6.07) is 12.5. The third kappa shape index (κ3) is 4.12. The minimum atomic E-state index is -0.520. The van der Waals surface area contributed by atoms with Gasteiger partial charge in [-0.3, -0.25) is 9.59 Å². The van der Waals surface area contributed by atoms with Gasteiger partial charge in [-0.25, -0.2) is 4.98 Å². The molecule has 2 amide bonds. The summed E-state index contributed by atoms with van der Waals surface area (Å²) in [6.45, 7) is 3.32. The smallest absolute Gasteiger partial charge is 0.257 e. The molecule has 0 bridgehead atoms. The summed E-state index contributed by atoms with van der Waals surface area (Å²) in [4.78, 5) is 27.9. The van der Waals surface area contributed by atoms with Crippen molar-refractivity contribution in [3.05, 3.63) is 53.2 Å². The molecule has 7 heteroatoms. The van der Waals surface area contributed by atoms with Crippen LogP contribution in [-0.4, -0.2) is 22.0 Å². The number of nitrogens with one attached hydrogen (secondary N) is 1. The van der Waals surface area contributed by atoms with E-state index in [0.717, 1.165) is 11.8 Å². The second-order valence-corrected chi connectivity index (χ2v) is 6.40. The molecule has 1 heterocycles. The first kappa shape index (κ1) is 17.5. The maximum absolute atomic E-state index is 12.4. The van der Waals surface area contributed by atoms with Crippen LogP contribution in [-0.2, 0) is 4.79 Å². The van der Waals surface area contributed by atoms with Crippen LogP contribution < -0.4 is 11.1 Å². The number of aromatic nitrogens is 1. The number of nitrogens with zero attached hydrogens (tertiary/aromatic N) is 2. The van der Waals surface area contributed by atoms with Crippen LogP contribution in [0.3, 0.4) is 0 Å². The summed E-state index contributed by atoms with van der Waals surface area (Å²) < 4.78 is 0. The molecule has 2 aromatic rings. The number of thioether (sulfide) groups is 1. The zero-order valence-corrected chi connectivity index (χ0v) is 14.1. The van der Waals surface area contributed by atoms with Crippen LogP contribution in [0.4, 0.5) is 5.69 Å². The van der Waals surface area contributed by atoms with Gasteiger partial charge in [0.1, 0.15) is 11.1 Å². The topological polar surface area (TPSA) is 109 Å². The van der Waals surface area contributed by atoms with Gasteiger partial charge in [-0.05, 0) is 32.0 Å². The quantitative estimate of drug-likeness (QED) is 0.813. The summed E-state index contributed by atoms with van der Waals surface area (Å²) in [5.41, 5.74) is 6.92. The van der Waals surface area contributed by atoms with Crippen molar-refractivity contribution in [1.82, 2.24) is 4.98 Å². The molecule has 0 aliphatic heterocycles. The van der Waals surface area contributed by atoms with Crippen molar-refractivity contribution in [2.75, 3.05) is 5.32 Å². The molecule has 0 radical (unpaired) electrons. The molecule has 1 aromatic carbocycles. The Kier molecular flexibility index (Phi) is 5.55. The van der Waals surface area contributed by atoms with Gasteiger partial charge >= 0.3 is 0 Å². The number of pyridine rings is 1. The minimum Gasteiger partial charge on any atom is -0.369 e. The fraction of sp³-hybridized carbons (Fsp3) is 0.176. The molecule has 2 rings (SSSR count). The number of benzene rings is 1. The van der Waals surface area contributed by atoms with E-state index in [9.17, 15) is 14.9 Å². The van der Waals surface area contributed by atoms with Gasteiger partial charge in [-0.15, -0.1) is 0 Å². The number of nitrogens with two attached hydrogens (primary N) is 1. The number of para-hydroxylation sites is 1. The van der Waals surface area contributed by atoms with E-state index in [1.807, 2.05) is 24.3 Å². The summed E-state index contributed by atoms with van der Waals surface area (Å²) in [7, 11) is 0. The highest BCUT2D eigenvalue weighted by Gasteiger charge is 2.19. The fourth-order valence-corrected chi connectivity index (χ4v) is 2.80. The lowest BCUT2D eigenvalue weighted by atomic mass is 10.1. The number of hydrogen-bond acceptors (Lipinski definition) is 5. The van der Waals surface area contributed by atoms with Gasteiger partial charge in [0.05, 0.1) is 22.1 Å². The third-order valence-electron chi connectivity index (χ3n) is 3.26. The first-order valence-corrected chi connectivity index (χ1v) is 8.04. The second kappa shape index (κ2) is 7.62. The molecule has 1 atom stereocenters. The second-order valence-electron chi connectivity index (χ2n) is 5.07. The molecule has 3 N–H and O–H groups in total. The maximum atomic E-state index is 12.4. The third-order valence-corrected chi connectivity index (χ3v) is 4.38. The average molecular weight is 340 g/mol. The molecule has 0 saturated carbocycles. The Morgan fingerprint density at radius 3 is 2.58 bits per heavy atom. The predicted octanol–water partition coefficient (Wildman–Crippen LogP) is 2.48. The van der Waals surface area contributed by atoms with Crippen molar-refractivity contribution in [2.24, 2.45) is 5.73 Å². The number of rotatable bonds is 5. The van der Waals surface area contributed by atoms with Crippen LogP contribution in [0, 0.1) is 18.3 Å². The standard InChI is InChI=1S/C17H16N4O2S/c1-10-14(16(23)21-13-6-4-3-5-7-13)8-12(9-18)17(20-10)24-11(2)15(19)22/h3-8,11H,1-2H3,(H2,19,22)(H,21,23). The Labute approximate surface area is 144 Å². The lowest BCUT2D eigenvalue weighted by molar-refractivity contribution is -0.117. The van der Waals surface area contributed by atoms with Crippen LogP contribution in [0.15, 0.2) is 41.4 Å². The van der Waals surface area contributed by atoms with Crippen molar-refractivity contribution in [1.29, 1.82) is 5.26 Å². The highest BCUT2D eigenvalue weighted by Crippen LogP contribution is 2.26. The molecular weight excluding hydrogens is 324 g/mol. The van der Waals surface area contributed by atoms with Gasteiger partial charge in [-0.1, -0.05) is 30.0 Å². The summed E-state index contributed by atoms with van der Waals surface area (Å²) in [5.74, 6) is -0.837. The minimum absolute atomic E-state index is 0.233. The van der Waals surface area contributed by atoms with E-state index >= 15 is 0 Å². The molecule has 0 spiro atoms. The zero-order valence-electron chi connectivity index (χ0n) is 13.2. The van der Waals surface area contributed by atoms with Crippen molar-refractivity contribution in [2.45, 2.75) is 24.1 Å². The predicted molar refractivity (Wildman–Crippen MR) is 92.6 cm³/mol. The Balaban J connectivity index is 2.30. The highest BCUT2D eigenvalue weighted by molar-refractivity contribution is 8.00. The number of hydrogen-bond donors (Lipinski definition) is 2. The van der Waals surface area contributed by atoms with Crippen LogP contribution in [0.1, 0.15) is 28.5 Å². The fourth-order valence-electron chi connectivity index (χ4n) is 1.93. The van der Waals surface area contributed by atoms with Gasteiger partial charge in [0.2, 0.25) is 5.91 Å². The van der Waals surface area contributed by atoms with Crippen LogP contribution in [0.5, 0.6) is 0 Å². The largest absolute Gasteiger partial charge is 0.369 e. The van der Waals surface area contributed by atoms with Crippen LogP contribution in [0.2, 0.25) is 0 Å². The van der Waals surface area contributed by atoms with Crippen molar-refractivity contribution < 1.29 is 9.59 Å². The number of aryl methyl sites for hydroxylation is 1. The van der Waals surface area contributed by atoms with Gasteiger partial charge in [0, 0.05) is 5.69 Å². The molecular formula is C17H16N4O2S. The number of amides is 2. The van der Waals surface area contributed by atoms with Crippen LogP contribution in [0.25, 0.3) is 0 Å². The lowest BCUT2D eigenvalue weighted by Gasteiger charge is -2.12. The number of carbonyl (C=O) groups is 2. The van der Waals surface area contributed by atoms with E-state index in [1.165, 1.54) is 6.07 Å². The Hall–Kier alpha value is -2.85. The average Bonchev–Trinajstić information content (AvgIpc) is 2.55. The van der Waals surface area contributed by atoms with E-state index in [4.69, 9.17) is 5.73 Å². The van der Waals surface area contributed by atoms with E-state index in [0.29, 0.717) is 22.0 Å². The van der Waals surface area contributed by atoms with Crippen LogP contribution >= 0.6 is 11.8 Å². The van der Waals surface area contributed by atoms with E-state index < -0.39 is 11.2 Å². The SMILES string of the molecule is Cc1nc(SC(C)C(N)=O)c(C#N)cc1C(=O)Nc1ccccc1. The summed E-state index contributed by atoms with van der Waals surface area (Å²) >= 11 is 1.10. The van der Waals surface area contributed by atoms with Crippen molar-refractivity contribution >= 4 is 29.3 Å². The first-order chi connectivity index (χ1) is 11.4. The van der Waals surface area contributed by atoms with Gasteiger partial charge in [0.15, 0.2) is 0 Å². The maximum Gasteiger partial charge on any atom is 0.257 e. The van der Waals surface area contributed by atoms with Gasteiger partial charge in [0.25, 0.3) is 5.91 Å². The molecule has 0 saturated heterocycles.